The van der Waals surface area contributed by atoms with Gasteiger partial charge in [-0.05, 0) is 12.8 Å². The zero-order valence-corrected chi connectivity index (χ0v) is 11.6. The van der Waals surface area contributed by atoms with E-state index in [2.05, 4.69) is 15.5 Å². The molecule has 2 rings (SSSR count). The molecule has 0 aromatic rings. The van der Waals surface area contributed by atoms with E-state index in [1.165, 1.54) is 17.1 Å². The molecule has 0 unspecified atom stereocenters. The Morgan fingerprint density at radius 2 is 1.80 bits per heavy atom. The van der Waals surface area contributed by atoms with Crippen LogP contribution in [0, 0.1) is 0 Å². The second-order valence-corrected chi connectivity index (χ2v) is 5.00. The van der Waals surface area contributed by atoms with Crippen LogP contribution in [0.4, 0.5) is 4.79 Å². The molecule has 7 heteroatoms. The number of carbonyl (C=O) groups excluding carboxylic acids is 3. The number of carbonyl (C=O) groups is 3. The molecular weight excluding hydrogens is 260 g/mol. The van der Waals surface area contributed by atoms with Gasteiger partial charge < -0.3 is 15.5 Å². The fourth-order valence-electron chi connectivity index (χ4n) is 2.45. The summed E-state index contributed by atoms with van der Waals surface area (Å²) in [5.74, 6) is -0.461. The van der Waals surface area contributed by atoms with Crippen molar-refractivity contribution < 1.29 is 14.4 Å². The van der Waals surface area contributed by atoms with Gasteiger partial charge in [0.05, 0.1) is 0 Å². The molecule has 20 heavy (non-hydrogen) atoms. The van der Waals surface area contributed by atoms with E-state index in [0.29, 0.717) is 13.1 Å². The number of urea groups is 1. The highest BCUT2D eigenvalue weighted by Gasteiger charge is 2.25. The zero-order valence-electron chi connectivity index (χ0n) is 11.6. The Bertz CT molecular complexity index is 409. The Balaban J connectivity index is 1.68. The van der Waals surface area contributed by atoms with E-state index in [1.54, 1.807) is 7.05 Å². The van der Waals surface area contributed by atoms with Crippen LogP contribution in [0.15, 0.2) is 12.2 Å². The summed E-state index contributed by atoms with van der Waals surface area (Å²) in [4.78, 5) is 37.5. The summed E-state index contributed by atoms with van der Waals surface area (Å²) < 4.78 is 0. The van der Waals surface area contributed by atoms with E-state index in [1.807, 2.05) is 0 Å². The Kier molecular flexibility index (Phi) is 4.73. The minimum absolute atomic E-state index is 0.150. The van der Waals surface area contributed by atoms with Crippen LogP contribution in [0.2, 0.25) is 0 Å². The first-order chi connectivity index (χ1) is 9.60. The molecule has 0 spiro atoms. The van der Waals surface area contributed by atoms with Crippen molar-refractivity contribution in [2.75, 3.05) is 33.2 Å². The summed E-state index contributed by atoms with van der Waals surface area (Å²) in [6.45, 7) is 2.83. The predicted octanol–water partition coefficient (Wildman–Crippen LogP) is -0.695. The van der Waals surface area contributed by atoms with Gasteiger partial charge >= 0.3 is 6.03 Å². The summed E-state index contributed by atoms with van der Waals surface area (Å²) in [5.41, 5.74) is 0. The largest absolute Gasteiger partial charge is 0.341 e. The lowest BCUT2D eigenvalue weighted by atomic mass is 10.1. The van der Waals surface area contributed by atoms with Crippen molar-refractivity contribution in [2.45, 2.75) is 18.9 Å². The van der Waals surface area contributed by atoms with Crippen molar-refractivity contribution in [3.63, 3.8) is 0 Å². The van der Waals surface area contributed by atoms with Gasteiger partial charge in [0.2, 0.25) is 0 Å². The summed E-state index contributed by atoms with van der Waals surface area (Å²) >= 11 is 0. The zero-order chi connectivity index (χ0) is 14.5. The van der Waals surface area contributed by atoms with Crippen LogP contribution in [0.3, 0.4) is 0 Å². The van der Waals surface area contributed by atoms with Crippen molar-refractivity contribution in [3.05, 3.63) is 12.2 Å². The summed E-state index contributed by atoms with van der Waals surface area (Å²) in [6, 6.07) is 0.0469. The first-order valence-corrected chi connectivity index (χ1v) is 6.84. The molecule has 1 fully saturated rings. The Hall–Kier alpha value is -1.89. The smallest absolute Gasteiger partial charge is 0.314 e. The topological polar surface area (TPSA) is 81.8 Å². The highest BCUT2D eigenvalue weighted by atomic mass is 16.2. The van der Waals surface area contributed by atoms with Gasteiger partial charge in [-0.2, -0.15) is 0 Å². The van der Waals surface area contributed by atoms with E-state index < -0.39 is 0 Å². The van der Waals surface area contributed by atoms with Gasteiger partial charge in [-0.25, -0.2) is 4.79 Å². The molecule has 0 saturated carbocycles. The molecule has 0 aliphatic carbocycles. The van der Waals surface area contributed by atoms with E-state index >= 15 is 0 Å². The van der Waals surface area contributed by atoms with Crippen LogP contribution >= 0.6 is 0 Å². The number of imide groups is 1. The summed E-state index contributed by atoms with van der Waals surface area (Å²) in [5, 5.41) is 5.44. The normalized spacial score (nSPS) is 20.6. The SMILES string of the molecule is CNC(=O)NC1CCN(CCN2C(=O)C=CC2=O)CC1. The second kappa shape index (κ2) is 6.51. The predicted molar refractivity (Wildman–Crippen MR) is 72.9 cm³/mol. The standard InChI is InChI=1S/C13H20N4O3/c1-14-13(20)15-10-4-6-16(7-5-10)8-9-17-11(18)2-3-12(17)19/h2-3,10H,4-9H2,1H3,(H2,14,15,20). The Morgan fingerprint density at radius 3 is 2.35 bits per heavy atom. The van der Waals surface area contributed by atoms with Crippen molar-refractivity contribution in [3.8, 4) is 0 Å². The minimum Gasteiger partial charge on any atom is -0.341 e. The molecule has 2 aliphatic rings. The van der Waals surface area contributed by atoms with Crippen LogP contribution in [0.25, 0.3) is 0 Å². The van der Waals surface area contributed by atoms with Gasteiger partial charge in [0, 0.05) is 51.4 Å². The van der Waals surface area contributed by atoms with Crippen LogP contribution < -0.4 is 10.6 Å². The minimum atomic E-state index is -0.230. The highest BCUT2D eigenvalue weighted by molar-refractivity contribution is 6.12. The molecule has 7 nitrogen and oxygen atoms in total. The molecule has 4 amide bonds. The van der Waals surface area contributed by atoms with Crippen LogP contribution in [-0.4, -0.2) is 66.9 Å². The van der Waals surface area contributed by atoms with Crippen LogP contribution in [0.1, 0.15) is 12.8 Å². The number of rotatable bonds is 4. The van der Waals surface area contributed by atoms with Gasteiger partial charge in [-0.1, -0.05) is 0 Å². The lowest BCUT2D eigenvalue weighted by Gasteiger charge is -2.32. The van der Waals surface area contributed by atoms with Crippen molar-refractivity contribution >= 4 is 17.8 Å². The van der Waals surface area contributed by atoms with Crippen LogP contribution in [-0.2, 0) is 9.59 Å². The molecule has 2 N–H and O–H groups in total. The fourth-order valence-corrected chi connectivity index (χ4v) is 2.45. The van der Waals surface area contributed by atoms with Crippen LogP contribution in [0.5, 0.6) is 0 Å². The number of amides is 4. The van der Waals surface area contributed by atoms with E-state index in [0.717, 1.165) is 25.9 Å². The molecule has 0 bridgehead atoms. The molecule has 2 heterocycles. The van der Waals surface area contributed by atoms with Gasteiger partial charge in [-0.3, -0.25) is 14.5 Å². The van der Waals surface area contributed by atoms with E-state index in [-0.39, 0.29) is 23.9 Å². The second-order valence-electron chi connectivity index (χ2n) is 5.00. The quantitative estimate of drug-likeness (QED) is 0.668. The van der Waals surface area contributed by atoms with E-state index in [4.69, 9.17) is 0 Å². The Morgan fingerprint density at radius 1 is 1.20 bits per heavy atom. The van der Waals surface area contributed by atoms with Gasteiger partial charge in [0.15, 0.2) is 0 Å². The number of hydrogen-bond acceptors (Lipinski definition) is 4. The Labute approximate surface area is 118 Å². The number of piperidine rings is 1. The number of hydrogen-bond donors (Lipinski definition) is 2. The lowest BCUT2D eigenvalue weighted by molar-refractivity contribution is -0.137. The maximum atomic E-state index is 11.4. The molecular formula is C13H20N4O3. The third kappa shape index (κ3) is 3.57. The highest BCUT2D eigenvalue weighted by Crippen LogP contribution is 2.11. The van der Waals surface area contributed by atoms with E-state index in [9.17, 15) is 14.4 Å². The summed E-state index contributed by atoms with van der Waals surface area (Å²) in [7, 11) is 1.60. The number of nitrogens with one attached hydrogen (secondary N) is 2. The molecule has 0 radical (unpaired) electrons. The molecule has 0 aromatic heterocycles. The fraction of sp³-hybridized carbons (Fsp3) is 0.615. The third-order valence-electron chi connectivity index (χ3n) is 3.69. The van der Waals surface area contributed by atoms with Gasteiger partial charge in [0.25, 0.3) is 11.8 Å². The number of nitrogens with zero attached hydrogens (tertiary/aromatic N) is 2. The summed E-state index contributed by atoms with van der Waals surface area (Å²) in [6.07, 6.45) is 4.38. The molecule has 2 aliphatic heterocycles. The maximum absolute atomic E-state index is 11.4. The molecule has 1 saturated heterocycles. The maximum Gasteiger partial charge on any atom is 0.314 e. The molecule has 0 aromatic carbocycles. The molecule has 110 valence electrons. The number of likely N-dealkylation sites (tertiary alicyclic amines) is 1. The van der Waals surface area contributed by atoms with Crippen molar-refractivity contribution in [1.82, 2.24) is 20.4 Å². The first kappa shape index (κ1) is 14.5. The third-order valence-corrected chi connectivity index (χ3v) is 3.69. The monoisotopic (exact) mass is 280 g/mol. The first-order valence-electron chi connectivity index (χ1n) is 6.84. The molecule has 0 atom stereocenters. The van der Waals surface area contributed by atoms with Gasteiger partial charge in [-0.15, -0.1) is 0 Å². The lowest BCUT2D eigenvalue weighted by Crippen LogP contribution is -2.48. The van der Waals surface area contributed by atoms with Gasteiger partial charge in [0.1, 0.15) is 0 Å². The van der Waals surface area contributed by atoms with Crippen molar-refractivity contribution in [2.24, 2.45) is 0 Å². The average molecular weight is 280 g/mol. The van der Waals surface area contributed by atoms with Crippen molar-refractivity contribution in [1.29, 1.82) is 0 Å². The average Bonchev–Trinajstić information content (AvgIpc) is 2.77.